The third kappa shape index (κ3) is 5.76. The van der Waals surface area contributed by atoms with Gasteiger partial charge in [-0.3, -0.25) is 11.3 Å². The predicted molar refractivity (Wildman–Crippen MR) is 43.3 cm³/mol. The Labute approximate surface area is 79.2 Å². The van der Waals surface area contributed by atoms with Crippen molar-refractivity contribution in [3.05, 3.63) is 0 Å². The van der Waals surface area contributed by atoms with Crippen LogP contribution in [0.5, 0.6) is 0 Å². The summed E-state index contributed by atoms with van der Waals surface area (Å²) >= 11 is 0. The van der Waals surface area contributed by atoms with Crippen LogP contribution in [0, 0.1) is 0 Å². The molecule has 14 heavy (non-hydrogen) atoms. The highest BCUT2D eigenvalue weighted by Crippen LogP contribution is 2.16. The van der Waals surface area contributed by atoms with Crippen LogP contribution in [0.3, 0.4) is 0 Å². The highest BCUT2D eigenvalue weighted by Gasteiger charge is 2.38. The summed E-state index contributed by atoms with van der Waals surface area (Å²) < 4.78 is 31.7. The number of alkyl halides is 3. The van der Waals surface area contributed by atoms with Gasteiger partial charge in [-0.15, -0.1) is 0 Å². The second-order valence-corrected chi connectivity index (χ2v) is 2.95. The molecule has 1 fully saturated rings. The van der Waals surface area contributed by atoms with Gasteiger partial charge in [0.15, 0.2) is 0 Å². The second kappa shape index (κ2) is 5.82. The van der Waals surface area contributed by atoms with Crippen LogP contribution in [0.25, 0.3) is 0 Å². The quantitative estimate of drug-likeness (QED) is 0.450. The largest absolute Gasteiger partial charge is 0.490 e. The lowest BCUT2D eigenvalue weighted by Gasteiger charge is -2.02. The van der Waals surface area contributed by atoms with Gasteiger partial charge in [0.05, 0.1) is 0 Å². The Morgan fingerprint density at radius 1 is 1.36 bits per heavy atom. The fourth-order valence-corrected chi connectivity index (χ4v) is 1.09. The van der Waals surface area contributed by atoms with Crippen LogP contribution in [0.4, 0.5) is 13.2 Å². The minimum atomic E-state index is -5.08. The SMILES string of the molecule is NNC1CCCC1.O=C(O)C(F)(F)F. The predicted octanol–water partition coefficient (Wildman–Crippen LogP) is 1.03. The van der Waals surface area contributed by atoms with Crippen LogP contribution in [-0.2, 0) is 4.79 Å². The molecule has 0 heterocycles. The van der Waals surface area contributed by atoms with E-state index in [0.717, 1.165) is 0 Å². The fourth-order valence-electron chi connectivity index (χ4n) is 1.09. The van der Waals surface area contributed by atoms with Crippen molar-refractivity contribution in [2.24, 2.45) is 5.84 Å². The Hall–Kier alpha value is -0.820. The third-order valence-corrected chi connectivity index (χ3v) is 1.83. The van der Waals surface area contributed by atoms with Crippen molar-refractivity contribution >= 4 is 5.97 Å². The highest BCUT2D eigenvalue weighted by molar-refractivity contribution is 5.73. The van der Waals surface area contributed by atoms with Gasteiger partial charge in [0.1, 0.15) is 0 Å². The second-order valence-electron chi connectivity index (χ2n) is 2.95. The van der Waals surface area contributed by atoms with Crippen LogP contribution in [0.1, 0.15) is 25.7 Å². The number of hydrogen-bond acceptors (Lipinski definition) is 3. The summed E-state index contributed by atoms with van der Waals surface area (Å²) in [6, 6.07) is 0.625. The number of carbonyl (C=O) groups is 1. The topological polar surface area (TPSA) is 75.3 Å². The molecule has 0 aromatic carbocycles. The van der Waals surface area contributed by atoms with Gasteiger partial charge in [0, 0.05) is 6.04 Å². The zero-order valence-corrected chi connectivity index (χ0v) is 7.47. The summed E-state index contributed by atoms with van der Waals surface area (Å²) in [7, 11) is 0. The summed E-state index contributed by atoms with van der Waals surface area (Å²) in [5.41, 5.74) is 2.76. The van der Waals surface area contributed by atoms with Crippen LogP contribution in [-0.4, -0.2) is 23.3 Å². The Morgan fingerprint density at radius 3 is 1.86 bits per heavy atom. The van der Waals surface area contributed by atoms with E-state index in [1.807, 2.05) is 0 Å². The minimum Gasteiger partial charge on any atom is -0.475 e. The molecule has 0 aromatic heterocycles. The molecule has 0 unspecified atom stereocenters. The first-order chi connectivity index (χ1) is 6.38. The molecule has 0 bridgehead atoms. The van der Waals surface area contributed by atoms with Crippen molar-refractivity contribution in [2.75, 3.05) is 0 Å². The first kappa shape index (κ1) is 13.2. The van der Waals surface area contributed by atoms with E-state index in [4.69, 9.17) is 15.7 Å². The summed E-state index contributed by atoms with van der Waals surface area (Å²) in [6.45, 7) is 0. The van der Waals surface area contributed by atoms with E-state index < -0.39 is 12.1 Å². The Kier molecular flexibility index (Phi) is 5.47. The molecule has 0 atom stereocenters. The number of hydrogen-bond donors (Lipinski definition) is 3. The molecule has 0 saturated heterocycles. The summed E-state index contributed by atoms with van der Waals surface area (Å²) in [6.07, 6.45) is 0.177. The van der Waals surface area contributed by atoms with Crippen molar-refractivity contribution in [3.8, 4) is 0 Å². The molecule has 1 aliphatic rings. The number of nitrogens with two attached hydrogens (primary N) is 1. The van der Waals surface area contributed by atoms with Gasteiger partial charge in [0.2, 0.25) is 0 Å². The molecule has 0 radical (unpaired) electrons. The minimum absolute atomic E-state index is 0.625. The molecule has 4 nitrogen and oxygen atoms in total. The number of nitrogens with one attached hydrogen (secondary N) is 1. The lowest BCUT2D eigenvalue weighted by atomic mass is 10.3. The molecule has 1 aliphatic carbocycles. The molecule has 4 N–H and O–H groups in total. The molecule has 0 aromatic rings. The summed E-state index contributed by atoms with van der Waals surface area (Å²) in [5.74, 6) is 2.43. The first-order valence-electron chi connectivity index (χ1n) is 4.14. The van der Waals surface area contributed by atoms with Crippen molar-refractivity contribution in [3.63, 3.8) is 0 Å². The molecule has 0 amide bonds. The Bertz CT molecular complexity index is 178. The van der Waals surface area contributed by atoms with Gasteiger partial charge in [-0.1, -0.05) is 12.8 Å². The van der Waals surface area contributed by atoms with Crippen molar-refractivity contribution in [1.29, 1.82) is 0 Å². The van der Waals surface area contributed by atoms with E-state index in [0.29, 0.717) is 6.04 Å². The third-order valence-electron chi connectivity index (χ3n) is 1.83. The molecule has 0 aliphatic heterocycles. The number of aliphatic carboxylic acids is 1. The number of rotatable bonds is 1. The monoisotopic (exact) mass is 214 g/mol. The molecule has 0 spiro atoms. The zero-order valence-electron chi connectivity index (χ0n) is 7.47. The van der Waals surface area contributed by atoms with Gasteiger partial charge in [-0.2, -0.15) is 13.2 Å². The van der Waals surface area contributed by atoms with Gasteiger partial charge in [0.25, 0.3) is 0 Å². The fraction of sp³-hybridized carbons (Fsp3) is 0.857. The van der Waals surface area contributed by atoms with Crippen molar-refractivity contribution in [2.45, 2.75) is 37.9 Å². The average Bonchev–Trinajstić information content (AvgIpc) is 2.54. The van der Waals surface area contributed by atoms with Crippen LogP contribution in [0.15, 0.2) is 0 Å². The Balaban J connectivity index is 0.000000241. The van der Waals surface area contributed by atoms with Gasteiger partial charge < -0.3 is 5.11 Å². The lowest BCUT2D eigenvalue weighted by Crippen LogP contribution is -2.32. The molecule has 84 valence electrons. The van der Waals surface area contributed by atoms with E-state index in [-0.39, 0.29) is 0 Å². The first-order valence-corrected chi connectivity index (χ1v) is 4.14. The molecular weight excluding hydrogens is 201 g/mol. The maximum atomic E-state index is 10.6. The van der Waals surface area contributed by atoms with E-state index in [2.05, 4.69) is 5.43 Å². The summed E-state index contributed by atoms with van der Waals surface area (Å²) in [4.78, 5) is 8.90. The highest BCUT2D eigenvalue weighted by atomic mass is 19.4. The smallest absolute Gasteiger partial charge is 0.475 e. The molecular formula is C7H13F3N2O2. The van der Waals surface area contributed by atoms with Crippen molar-refractivity contribution in [1.82, 2.24) is 5.43 Å². The van der Waals surface area contributed by atoms with Crippen molar-refractivity contribution < 1.29 is 23.1 Å². The average molecular weight is 214 g/mol. The number of halogens is 3. The molecule has 1 saturated carbocycles. The van der Waals surface area contributed by atoms with Crippen LogP contribution >= 0.6 is 0 Å². The van der Waals surface area contributed by atoms with E-state index in [9.17, 15) is 13.2 Å². The van der Waals surface area contributed by atoms with Crippen LogP contribution < -0.4 is 11.3 Å². The molecule has 1 rings (SSSR count). The number of carboxylic acid groups (broad SMARTS) is 1. The maximum Gasteiger partial charge on any atom is 0.490 e. The maximum absolute atomic E-state index is 10.6. The van der Waals surface area contributed by atoms with Gasteiger partial charge in [-0.05, 0) is 12.8 Å². The van der Waals surface area contributed by atoms with Gasteiger partial charge >= 0.3 is 12.1 Å². The number of carboxylic acids is 1. The van der Waals surface area contributed by atoms with Gasteiger partial charge in [-0.25, -0.2) is 4.79 Å². The van der Waals surface area contributed by atoms with Crippen LogP contribution in [0.2, 0.25) is 0 Å². The summed E-state index contributed by atoms with van der Waals surface area (Å²) in [5, 5.41) is 7.12. The molecule has 7 heteroatoms. The zero-order chi connectivity index (χ0) is 11.2. The normalized spacial score (nSPS) is 17.4. The standard InChI is InChI=1S/C5H12N2.C2HF3O2/c6-7-5-3-1-2-4-5;3-2(4,5)1(6)7/h5,7H,1-4,6H2;(H,6,7). The lowest BCUT2D eigenvalue weighted by molar-refractivity contribution is -0.192. The Morgan fingerprint density at radius 2 is 1.71 bits per heavy atom. The van der Waals surface area contributed by atoms with E-state index >= 15 is 0 Å². The van der Waals surface area contributed by atoms with E-state index in [1.165, 1.54) is 25.7 Å². The van der Waals surface area contributed by atoms with E-state index in [1.54, 1.807) is 0 Å². The number of hydrazine groups is 1.